The highest BCUT2D eigenvalue weighted by atomic mass is 15.1. The van der Waals surface area contributed by atoms with Gasteiger partial charge in [0.05, 0.1) is 6.04 Å². The van der Waals surface area contributed by atoms with Crippen molar-refractivity contribution in [1.29, 1.82) is 0 Å². The van der Waals surface area contributed by atoms with Crippen LogP contribution in [0.5, 0.6) is 0 Å². The number of azo groups is 1. The molecule has 0 bridgehead atoms. The second-order valence-electron chi connectivity index (χ2n) is 2.61. The molecule has 0 fully saturated rings. The van der Waals surface area contributed by atoms with Crippen LogP contribution in [0.2, 0.25) is 0 Å². The second-order valence-corrected chi connectivity index (χ2v) is 2.61. The molecule has 0 aliphatic carbocycles. The maximum absolute atomic E-state index is 4.00. The molecule has 0 aromatic heterocycles. The number of rotatable bonds is 0. The lowest BCUT2D eigenvalue weighted by molar-refractivity contribution is 0.849. The molecule has 0 saturated heterocycles. The average molecular weight is 160 g/mol. The topological polar surface area (TPSA) is 24.7 Å². The van der Waals surface area contributed by atoms with Crippen LogP contribution in [-0.4, -0.2) is 6.04 Å². The summed E-state index contributed by atoms with van der Waals surface area (Å²) in [5.74, 6) is 0. The zero-order chi connectivity index (χ0) is 8.81. The van der Waals surface area contributed by atoms with E-state index in [1.807, 2.05) is 37.3 Å². The molecule has 0 aromatic rings. The standard InChI is InChI=1S/C10H12N2/c1-9-5-3-4-6-10(2)12-11-8-7-9/h3-8,10H,1H2,2H3/b5-3-,6-4-,8-7?,12-11?. The van der Waals surface area contributed by atoms with Gasteiger partial charge in [0.25, 0.3) is 0 Å². The van der Waals surface area contributed by atoms with E-state index in [1.54, 1.807) is 6.20 Å². The minimum atomic E-state index is 0.144. The molecule has 0 N–H and O–H groups in total. The minimum absolute atomic E-state index is 0.144. The van der Waals surface area contributed by atoms with Gasteiger partial charge in [-0.1, -0.05) is 30.9 Å². The first-order valence-corrected chi connectivity index (χ1v) is 3.89. The number of allylic oxidation sites excluding steroid dienone is 5. The van der Waals surface area contributed by atoms with Crippen molar-refractivity contribution in [3.63, 3.8) is 0 Å². The summed E-state index contributed by atoms with van der Waals surface area (Å²) in [7, 11) is 0. The summed E-state index contributed by atoms with van der Waals surface area (Å²) in [6, 6.07) is 0.144. The maximum Gasteiger partial charge on any atom is 0.0867 e. The molecule has 2 nitrogen and oxygen atoms in total. The Morgan fingerprint density at radius 2 is 2.17 bits per heavy atom. The Labute approximate surface area is 72.7 Å². The normalized spacial score (nSPS) is 28.4. The van der Waals surface area contributed by atoms with Crippen molar-refractivity contribution in [2.24, 2.45) is 10.2 Å². The largest absolute Gasteiger partial charge is 0.182 e. The Hall–Kier alpha value is -1.44. The predicted molar refractivity (Wildman–Crippen MR) is 50.9 cm³/mol. The van der Waals surface area contributed by atoms with Gasteiger partial charge in [-0.05, 0) is 18.6 Å². The fourth-order valence-electron chi connectivity index (χ4n) is 0.771. The summed E-state index contributed by atoms with van der Waals surface area (Å²) in [5, 5.41) is 7.86. The van der Waals surface area contributed by atoms with Crippen molar-refractivity contribution in [2.45, 2.75) is 13.0 Å². The Balaban J connectivity index is 2.77. The summed E-state index contributed by atoms with van der Waals surface area (Å²) >= 11 is 0. The van der Waals surface area contributed by atoms with Crippen LogP contribution in [-0.2, 0) is 0 Å². The third-order valence-corrected chi connectivity index (χ3v) is 1.42. The number of nitrogens with zero attached hydrogens (tertiary/aromatic N) is 2. The van der Waals surface area contributed by atoms with E-state index in [1.165, 1.54) is 0 Å². The van der Waals surface area contributed by atoms with Gasteiger partial charge in [0.2, 0.25) is 0 Å². The first-order chi connectivity index (χ1) is 5.79. The molecule has 0 aromatic carbocycles. The molecule has 1 rings (SSSR count). The predicted octanol–water partition coefficient (Wildman–Crippen LogP) is 3.02. The SMILES string of the molecule is C=C1C=CN=NC(C)/C=C\C=C/1. The maximum atomic E-state index is 4.00. The van der Waals surface area contributed by atoms with Crippen molar-refractivity contribution in [3.05, 3.63) is 48.7 Å². The molecular weight excluding hydrogens is 148 g/mol. The lowest BCUT2D eigenvalue weighted by Crippen LogP contribution is -1.88. The molecule has 1 unspecified atom stereocenters. The van der Waals surface area contributed by atoms with E-state index in [-0.39, 0.29) is 6.04 Å². The van der Waals surface area contributed by atoms with Crippen LogP contribution < -0.4 is 0 Å². The van der Waals surface area contributed by atoms with E-state index in [2.05, 4.69) is 16.8 Å². The molecule has 0 amide bonds. The van der Waals surface area contributed by atoms with E-state index in [4.69, 9.17) is 0 Å². The highest BCUT2D eigenvalue weighted by Gasteiger charge is 1.89. The molecule has 1 aliphatic heterocycles. The monoisotopic (exact) mass is 160 g/mol. The highest BCUT2D eigenvalue weighted by Crippen LogP contribution is 2.01. The van der Waals surface area contributed by atoms with Gasteiger partial charge < -0.3 is 0 Å². The van der Waals surface area contributed by atoms with Gasteiger partial charge in [-0.15, -0.1) is 0 Å². The van der Waals surface area contributed by atoms with E-state index in [9.17, 15) is 0 Å². The van der Waals surface area contributed by atoms with Crippen LogP contribution in [0, 0.1) is 0 Å². The van der Waals surface area contributed by atoms with E-state index >= 15 is 0 Å². The quantitative estimate of drug-likeness (QED) is 0.520. The molecule has 62 valence electrons. The fourth-order valence-corrected chi connectivity index (χ4v) is 0.771. The van der Waals surface area contributed by atoms with Crippen LogP contribution in [0.15, 0.2) is 59.0 Å². The van der Waals surface area contributed by atoms with E-state index < -0.39 is 0 Å². The molecule has 0 radical (unpaired) electrons. The molecule has 1 aliphatic rings. The number of hydrogen-bond acceptors (Lipinski definition) is 2. The zero-order valence-electron chi connectivity index (χ0n) is 7.14. The molecule has 0 spiro atoms. The highest BCUT2D eigenvalue weighted by molar-refractivity contribution is 5.29. The third-order valence-electron chi connectivity index (χ3n) is 1.42. The first kappa shape index (κ1) is 8.65. The van der Waals surface area contributed by atoms with Crippen molar-refractivity contribution in [1.82, 2.24) is 0 Å². The lowest BCUT2D eigenvalue weighted by Gasteiger charge is -1.95. The molecular formula is C10H12N2. The van der Waals surface area contributed by atoms with Gasteiger partial charge in [-0.25, -0.2) is 0 Å². The van der Waals surface area contributed by atoms with Gasteiger partial charge >= 0.3 is 0 Å². The van der Waals surface area contributed by atoms with Gasteiger partial charge in [-0.3, -0.25) is 0 Å². The van der Waals surface area contributed by atoms with Crippen LogP contribution in [0.3, 0.4) is 0 Å². The Bertz CT molecular complexity index is 244. The zero-order valence-corrected chi connectivity index (χ0v) is 7.14. The molecule has 0 saturated carbocycles. The van der Waals surface area contributed by atoms with E-state index in [0.29, 0.717) is 0 Å². The Morgan fingerprint density at radius 3 is 3.00 bits per heavy atom. The third kappa shape index (κ3) is 3.10. The van der Waals surface area contributed by atoms with Crippen LogP contribution in [0.25, 0.3) is 0 Å². The average Bonchev–Trinajstić information content (AvgIpc) is 2.06. The first-order valence-electron chi connectivity index (χ1n) is 3.89. The second kappa shape index (κ2) is 4.44. The molecule has 2 heteroatoms. The fraction of sp³-hybridized carbons (Fsp3) is 0.200. The van der Waals surface area contributed by atoms with Crippen molar-refractivity contribution in [3.8, 4) is 0 Å². The number of hydrogen-bond donors (Lipinski definition) is 0. The molecule has 1 heterocycles. The van der Waals surface area contributed by atoms with Crippen molar-refractivity contribution >= 4 is 0 Å². The van der Waals surface area contributed by atoms with Crippen molar-refractivity contribution in [2.75, 3.05) is 0 Å². The van der Waals surface area contributed by atoms with Gasteiger partial charge in [0.1, 0.15) is 0 Å². The van der Waals surface area contributed by atoms with Gasteiger partial charge in [0, 0.05) is 6.20 Å². The van der Waals surface area contributed by atoms with Gasteiger partial charge in [-0.2, -0.15) is 10.2 Å². The smallest absolute Gasteiger partial charge is 0.0867 e. The van der Waals surface area contributed by atoms with E-state index in [0.717, 1.165) is 5.57 Å². The summed E-state index contributed by atoms with van der Waals surface area (Å²) in [5.41, 5.74) is 0.924. The Kier molecular flexibility index (Phi) is 3.20. The molecule has 12 heavy (non-hydrogen) atoms. The Morgan fingerprint density at radius 1 is 1.33 bits per heavy atom. The summed E-state index contributed by atoms with van der Waals surface area (Å²) in [6.07, 6.45) is 11.3. The summed E-state index contributed by atoms with van der Waals surface area (Å²) < 4.78 is 0. The van der Waals surface area contributed by atoms with Crippen molar-refractivity contribution < 1.29 is 0 Å². The van der Waals surface area contributed by atoms with Crippen LogP contribution in [0.4, 0.5) is 0 Å². The minimum Gasteiger partial charge on any atom is -0.182 e. The van der Waals surface area contributed by atoms with Gasteiger partial charge in [0.15, 0.2) is 0 Å². The summed E-state index contributed by atoms with van der Waals surface area (Å²) in [4.78, 5) is 0. The lowest BCUT2D eigenvalue weighted by atomic mass is 10.2. The van der Waals surface area contributed by atoms with Crippen LogP contribution >= 0.6 is 0 Å². The summed E-state index contributed by atoms with van der Waals surface area (Å²) in [6.45, 7) is 5.78. The molecule has 1 atom stereocenters. The van der Waals surface area contributed by atoms with Crippen LogP contribution in [0.1, 0.15) is 6.92 Å².